The highest BCUT2D eigenvalue weighted by molar-refractivity contribution is 5.83. The highest BCUT2D eigenvalue weighted by Gasteiger charge is 2.25. The predicted octanol–water partition coefficient (Wildman–Crippen LogP) is 3.86. The van der Waals surface area contributed by atoms with Crippen molar-refractivity contribution >= 4 is 16.8 Å². The maximum absolute atomic E-state index is 12.7. The summed E-state index contributed by atoms with van der Waals surface area (Å²) in [4.78, 5) is 18.1. The first-order valence-corrected chi connectivity index (χ1v) is 9.87. The molecule has 5 heteroatoms. The summed E-state index contributed by atoms with van der Waals surface area (Å²) in [7, 11) is 1.96. The van der Waals surface area contributed by atoms with Crippen LogP contribution in [-0.2, 0) is 18.3 Å². The minimum Gasteiger partial charge on any atom is -0.361 e. The van der Waals surface area contributed by atoms with Gasteiger partial charge in [0.2, 0.25) is 5.91 Å². The van der Waals surface area contributed by atoms with Crippen molar-refractivity contribution in [1.29, 1.82) is 0 Å². The van der Waals surface area contributed by atoms with E-state index in [-0.39, 0.29) is 5.91 Å². The molecule has 0 spiro atoms. The van der Waals surface area contributed by atoms with Gasteiger partial charge in [-0.2, -0.15) is 5.10 Å². The second kappa shape index (κ2) is 7.22. The van der Waals surface area contributed by atoms with Gasteiger partial charge in [0.25, 0.3) is 0 Å². The Morgan fingerprint density at radius 2 is 1.96 bits per heavy atom. The number of benzene rings is 1. The van der Waals surface area contributed by atoms with Crippen molar-refractivity contribution in [3.05, 3.63) is 53.0 Å². The van der Waals surface area contributed by atoms with Crippen molar-refractivity contribution in [2.24, 2.45) is 7.05 Å². The molecule has 0 atom stereocenters. The Balaban J connectivity index is 1.35. The molecule has 1 aliphatic rings. The standard InChI is InChI=1S/C22H28N4O/c1-15-18(16(2)25(3)24-15)8-9-22(27)26-12-10-17(11-13-26)20-14-23-21-7-5-4-6-19(20)21/h4-7,14,17,23H,8-13H2,1-3H3. The Hall–Kier alpha value is -2.56. The number of aromatic nitrogens is 3. The summed E-state index contributed by atoms with van der Waals surface area (Å²) in [6.45, 7) is 5.81. The van der Waals surface area contributed by atoms with Crippen molar-refractivity contribution in [2.45, 2.75) is 45.4 Å². The molecule has 1 N–H and O–H groups in total. The molecular weight excluding hydrogens is 336 g/mol. The van der Waals surface area contributed by atoms with E-state index in [1.54, 1.807) is 0 Å². The first-order chi connectivity index (χ1) is 13.0. The average Bonchev–Trinajstić information content (AvgIpc) is 3.21. The number of fused-ring (bicyclic) bond motifs is 1. The fourth-order valence-electron chi connectivity index (χ4n) is 4.44. The second-order valence-corrected chi connectivity index (χ2v) is 7.72. The first kappa shape index (κ1) is 17.8. The largest absolute Gasteiger partial charge is 0.361 e. The number of para-hydroxylation sites is 1. The van der Waals surface area contributed by atoms with Gasteiger partial charge >= 0.3 is 0 Å². The molecular formula is C22H28N4O. The summed E-state index contributed by atoms with van der Waals surface area (Å²) >= 11 is 0. The van der Waals surface area contributed by atoms with Crippen LogP contribution in [0.2, 0.25) is 0 Å². The van der Waals surface area contributed by atoms with E-state index in [1.807, 2.05) is 23.6 Å². The van der Waals surface area contributed by atoms with Gasteiger partial charge in [0.05, 0.1) is 5.69 Å². The maximum atomic E-state index is 12.7. The number of nitrogens with zero attached hydrogens (tertiary/aromatic N) is 3. The van der Waals surface area contributed by atoms with E-state index < -0.39 is 0 Å². The summed E-state index contributed by atoms with van der Waals surface area (Å²) in [5.74, 6) is 0.808. The highest BCUT2D eigenvalue weighted by Crippen LogP contribution is 2.33. The Morgan fingerprint density at radius 3 is 2.67 bits per heavy atom. The molecule has 1 saturated heterocycles. The van der Waals surface area contributed by atoms with E-state index in [4.69, 9.17) is 0 Å². The van der Waals surface area contributed by atoms with Gasteiger partial charge in [0.15, 0.2) is 0 Å². The van der Waals surface area contributed by atoms with Gasteiger partial charge in [0, 0.05) is 49.4 Å². The van der Waals surface area contributed by atoms with Crippen molar-refractivity contribution in [2.75, 3.05) is 13.1 Å². The van der Waals surface area contributed by atoms with Crippen LogP contribution < -0.4 is 0 Å². The second-order valence-electron chi connectivity index (χ2n) is 7.72. The number of aromatic amines is 1. The quantitative estimate of drug-likeness (QED) is 0.764. The van der Waals surface area contributed by atoms with Crippen molar-refractivity contribution in [3.63, 3.8) is 0 Å². The molecule has 3 aromatic rings. The molecule has 1 fully saturated rings. The zero-order valence-corrected chi connectivity index (χ0v) is 16.5. The van der Waals surface area contributed by atoms with Crippen LogP contribution in [-0.4, -0.2) is 38.7 Å². The van der Waals surface area contributed by atoms with Gasteiger partial charge in [-0.3, -0.25) is 9.48 Å². The zero-order chi connectivity index (χ0) is 19.0. The smallest absolute Gasteiger partial charge is 0.222 e. The Morgan fingerprint density at radius 1 is 1.22 bits per heavy atom. The molecule has 0 aliphatic carbocycles. The number of aryl methyl sites for hydroxylation is 2. The summed E-state index contributed by atoms with van der Waals surface area (Å²) in [5.41, 5.74) is 6.03. The number of amides is 1. The van der Waals surface area contributed by atoms with E-state index in [9.17, 15) is 4.79 Å². The number of carbonyl (C=O) groups excluding carboxylic acids is 1. The van der Waals surface area contributed by atoms with E-state index in [2.05, 4.69) is 47.5 Å². The number of hydrogen-bond acceptors (Lipinski definition) is 2. The molecule has 4 rings (SSSR count). The third kappa shape index (κ3) is 3.38. The number of hydrogen-bond donors (Lipinski definition) is 1. The molecule has 0 radical (unpaired) electrons. The molecule has 0 bridgehead atoms. The van der Waals surface area contributed by atoms with Crippen LogP contribution in [0, 0.1) is 13.8 Å². The molecule has 2 aromatic heterocycles. The minimum absolute atomic E-state index is 0.273. The molecule has 142 valence electrons. The van der Waals surface area contributed by atoms with Crippen molar-refractivity contribution in [3.8, 4) is 0 Å². The summed E-state index contributed by atoms with van der Waals surface area (Å²) in [6.07, 6.45) is 5.59. The number of piperidine rings is 1. The van der Waals surface area contributed by atoms with Gasteiger partial charge in [-0.15, -0.1) is 0 Å². The van der Waals surface area contributed by atoms with Crippen molar-refractivity contribution < 1.29 is 4.79 Å². The third-order valence-corrected chi connectivity index (χ3v) is 6.16. The lowest BCUT2D eigenvalue weighted by Gasteiger charge is -2.32. The predicted molar refractivity (Wildman–Crippen MR) is 108 cm³/mol. The lowest BCUT2D eigenvalue weighted by atomic mass is 9.89. The first-order valence-electron chi connectivity index (χ1n) is 9.87. The van der Waals surface area contributed by atoms with Crippen LogP contribution in [0.5, 0.6) is 0 Å². The van der Waals surface area contributed by atoms with Crippen LogP contribution in [0.25, 0.3) is 10.9 Å². The fraction of sp³-hybridized carbons (Fsp3) is 0.455. The van der Waals surface area contributed by atoms with Gasteiger partial charge in [-0.1, -0.05) is 18.2 Å². The van der Waals surface area contributed by atoms with Crippen LogP contribution in [0.1, 0.15) is 47.7 Å². The van der Waals surface area contributed by atoms with Crippen molar-refractivity contribution in [1.82, 2.24) is 19.7 Å². The van der Waals surface area contributed by atoms with Gasteiger partial charge in [-0.25, -0.2) is 0 Å². The average molecular weight is 364 g/mol. The number of carbonyl (C=O) groups is 1. The van der Waals surface area contributed by atoms with Crippen LogP contribution in [0.3, 0.4) is 0 Å². The lowest BCUT2D eigenvalue weighted by Crippen LogP contribution is -2.38. The van der Waals surface area contributed by atoms with E-state index >= 15 is 0 Å². The molecule has 3 heterocycles. The number of nitrogens with one attached hydrogen (secondary N) is 1. The lowest BCUT2D eigenvalue weighted by molar-refractivity contribution is -0.132. The zero-order valence-electron chi connectivity index (χ0n) is 16.5. The number of H-pyrrole nitrogens is 1. The molecule has 0 unspecified atom stereocenters. The fourth-order valence-corrected chi connectivity index (χ4v) is 4.44. The molecule has 27 heavy (non-hydrogen) atoms. The monoisotopic (exact) mass is 364 g/mol. The Bertz CT molecular complexity index is 960. The maximum Gasteiger partial charge on any atom is 0.222 e. The van der Waals surface area contributed by atoms with Gasteiger partial charge in [0.1, 0.15) is 0 Å². The highest BCUT2D eigenvalue weighted by atomic mass is 16.2. The molecule has 1 aliphatic heterocycles. The topological polar surface area (TPSA) is 53.9 Å². The van der Waals surface area contributed by atoms with Crippen LogP contribution in [0.15, 0.2) is 30.5 Å². The summed E-state index contributed by atoms with van der Waals surface area (Å²) < 4.78 is 1.90. The summed E-state index contributed by atoms with van der Waals surface area (Å²) in [6, 6.07) is 8.48. The molecule has 5 nitrogen and oxygen atoms in total. The SMILES string of the molecule is Cc1nn(C)c(C)c1CCC(=O)N1CCC(c2c[nH]c3ccccc23)CC1. The van der Waals surface area contributed by atoms with E-state index in [0.29, 0.717) is 12.3 Å². The molecule has 1 aromatic carbocycles. The van der Waals surface area contributed by atoms with E-state index in [1.165, 1.54) is 27.7 Å². The van der Waals surface area contributed by atoms with Gasteiger partial charge in [-0.05, 0) is 56.2 Å². The normalized spacial score (nSPS) is 15.6. The minimum atomic E-state index is 0.273. The number of likely N-dealkylation sites (tertiary alicyclic amines) is 1. The van der Waals surface area contributed by atoms with Crippen LogP contribution >= 0.6 is 0 Å². The Kier molecular flexibility index (Phi) is 4.77. The molecule has 0 saturated carbocycles. The number of rotatable bonds is 4. The molecule has 1 amide bonds. The summed E-state index contributed by atoms with van der Waals surface area (Å²) in [5, 5.41) is 5.78. The van der Waals surface area contributed by atoms with Gasteiger partial charge < -0.3 is 9.88 Å². The van der Waals surface area contributed by atoms with E-state index in [0.717, 1.165) is 38.0 Å². The third-order valence-electron chi connectivity index (χ3n) is 6.16. The Labute approximate surface area is 160 Å². The van der Waals surface area contributed by atoms with Crippen LogP contribution in [0.4, 0.5) is 0 Å².